The molecule has 2 aliphatic heterocycles. The summed E-state index contributed by atoms with van der Waals surface area (Å²) in [6.45, 7) is 5.98. The van der Waals surface area contributed by atoms with Crippen LogP contribution in [0.5, 0.6) is 5.75 Å². The van der Waals surface area contributed by atoms with Gasteiger partial charge >= 0.3 is 0 Å². The fraction of sp³-hybridized carbons (Fsp3) is 0.500. The Labute approximate surface area is 185 Å². The number of aldehydes is 1. The minimum absolute atomic E-state index is 0.144. The zero-order chi connectivity index (χ0) is 21.6. The summed E-state index contributed by atoms with van der Waals surface area (Å²) >= 11 is 0. The van der Waals surface area contributed by atoms with Crippen LogP contribution in [0.4, 0.5) is 11.4 Å². The van der Waals surface area contributed by atoms with Gasteiger partial charge in [-0.25, -0.2) is 0 Å². The number of methoxy groups -OCH3 is 1. The molecule has 0 aliphatic carbocycles. The maximum atomic E-state index is 11.8. The number of nitrogens with zero attached hydrogens (tertiary/aromatic N) is 2. The van der Waals surface area contributed by atoms with Crippen LogP contribution in [0.2, 0.25) is 0 Å². The third-order valence-corrected chi connectivity index (χ3v) is 6.58. The highest BCUT2D eigenvalue weighted by atomic mass is 16.5. The Bertz CT molecular complexity index is 867. The van der Waals surface area contributed by atoms with E-state index < -0.39 is 0 Å². The molecule has 1 fully saturated rings. The first kappa shape index (κ1) is 21.8. The molecule has 31 heavy (non-hydrogen) atoms. The average Bonchev–Trinajstić information content (AvgIpc) is 3.21. The Balaban J connectivity index is 1.43. The molecule has 0 saturated carbocycles. The highest BCUT2D eigenvalue weighted by Gasteiger charge is 2.27. The van der Waals surface area contributed by atoms with E-state index in [-0.39, 0.29) is 6.04 Å². The predicted octanol–water partition coefficient (Wildman–Crippen LogP) is 4.74. The zero-order valence-electron chi connectivity index (χ0n) is 18.8. The summed E-state index contributed by atoms with van der Waals surface area (Å²) in [5, 5.41) is 0. The number of fused-ring (bicyclic) bond motifs is 1. The van der Waals surface area contributed by atoms with Crippen molar-refractivity contribution in [3.8, 4) is 5.75 Å². The third-order valence-electron chi connectivity index (χ3n) is 6.58. The number of likely N-dealkylation sites (tertiary alicyclic amines) is 1. The zero-order valence-corrected chi connectivity index (χ0v) is 18.8. The lowest BCUT2D eigenvalue weighted by atomic mass is 9.95. The summed E-state index contributed by atoms with van der Waals surface area (Å²) < 4.78 is 11.3. The van der Waals surface area contributed by atoms with Crippen LogP contribution >= 0.6 is 0 Å². The van der Waals surface area contributed by atoms with Crippen molar-refractivity contribution >= 4 is 17.7 Å². The summed E-state index contributed by atoms with van der Waals surface area (Å²) in [5.41, 5.74) is 4.50. The number of hydrogen-bond acceptors (Lipinski definition) is 5. The van der Waals surface area contributed by atoms with Crippen molar-refractivity contribution in [3.63, 3.8) is 0 Å². The molecule has 2 heterocycles. The number of carbonyl (C=O) groups excluding carboxylic acids is 1. The van der Waals surface area contributed by atoms with Gasteiger partial charge in [-0.05, 0) is 87.0 Å². The molecule has 2 aromatic carbocycles. The van der Waals surface area contributed by atoms with E-state index in [0.717, 1.165) is 61.4 Å². The minimum atomic E-state index is -0.144. The van der Waals surface area contributed by atoms with Gasteiger partial charge in [0.2, 0.25) is 0 Å². The monoisotopic (exact) mass is 422 g/mol. The molecule has 5 nitrogen and oxygen atoms in total. The molecule has 0 spiro atoms. The molecule has 166 valence electrons. The fourth-order valence-electron chi connectivity index (χ4n) is 4.86. The molecule has 5 heteroatoms. The SMILES string of the molecule is COCc1ccc(N2c3ccc(OCCCN4CCC[C@H]4C)cc3CCC2C=O)cc1. The number of hydrogen-bond donors (Lipinski definition) is 0. The van der Waals surface area contributed by atoms with Gasteiger partial charge in [-0.15, -0.1) is 0 Å². The summed E-state index contributed by atoms with van der Waals surface area (Å²) in [6, 6.07) is 15.1. The summed E-state index contributed by atoms with van der Waals surface area (Å²) in [6.07, 6.45) is 6.45. The van der Waals surface area contributed by atoms with E-state index in [4.69, 9.17) is 9.47 Å². The Kier molecular flexibility index (Phi) is 7.25. The number of anilines is 2. The van der Waals surface area contributed by atoms with Crippen LogP contribution in [0.25, 0.3) is 0 Å². The number of rotatable bonds is 9. The van der Waals surface area contributed by atoms with Gasteiger partial charge in [0.15, 0.2) is 0 Å². The van der Waals surface area contributed by atoms with Crippen molar-refractivity contribution in [2.75, 3.05) is 31.7 Å². The Morgan fingerprint density at radius 2 is 1.97 bits per heavy atom. The van der Waals surface area contributed by atoms with Crippen molar-refractivity contribution < 1.29 is 14.3 Å². The topological polar surface area (TPSA) is 42.0 Å². The molecule has 2 aromatic rings. The Hall–Kier alpha value is -2.37. The first-order valence-corrected chi connectivity index (χ1v) is 11.5. The van der Waals surface area contributed by atoms with Crippen LogP contribution in [0.1, 0.15) is 43.7 Å². The molecule has 0 aromatic heterocycles. The van der Waals surface area contributed by atoms with Crippen molar-refractivity contribution in [2.24, 2.45) is 0 Å². The molecular weight excluding hydrogens is 388 g/mol. The number of carbonyl (C=O) groups is 1. The lowest BCUT2D eigenvalue weighted by Crippen LogP contribution is -2.36. The number of ether oxygens (including phenoxy) is 2. The van der Waals surface area contributed by atoms with Gasteiger partial charge in [0.25, 0.3) is 0 Å². The maximum Gasteiger partial charge on any atom is 0.142 e. The molecule has 2 atom stereocenters. The molecule has 1 saturated heterocycles. The maximum absolute atomic E-state index is 11.8. The molecule has 2 aliphatic rings. The lowest BCUT2D eigenvalue weighted by molar-refractivity contribution is -0.109. The van der Waals surface area contributed by atoms with Crippen LogP contribution in [0.3, 0.4) is 0 Å². The van der Waals surface area contributed by atoms with Gasteiger partial charge in [0, 0.05) is 31.1 Å². The molecule has 0 bridgehead atoms. The third kappa shape index (κ3) is 5.10. The summed E-state index contributed by atoms with van der Waals surface area (Å²) in [7, 11) is 1.70. The minimum Gasteiger partial charge on any atom is -0.494 e. The molecule has 0 radical (unpaired) electrons. The summed E-state index contributed by atoms with van der Waals surface area (Å²) in [4.78, 5) is 16.5. The molecule has 0 N–H and O–H groups in total. The largest absolute Gasteiger partial charge is 0.494 e. The smallest absolute Gasteiger partial charge is 0.142 e. The Morgan fingerprint density at radius 3 is 2.68 bits per heavy atom. The first-order chi connectivity index (χ1) is 15.2. The van der Waals surface area contributed by atoms with Crippen molar-refractivity contribution in [1.29, 1.82) is 0 Å². The number of benzene rings is 2. The first-order valence-electron chi connectivity index (χ1n) is 11.5. The normalized spacial score (nSPS) is 21.2. The van der Waals surface area contributed by atoms with Gasteiger partial charge in [-0.2, -0.15) is 0 Å². The van der Waals surface area contributed by atoms with Crippen molar-refractivity contribution in [2.45, 2.75) is 57.7 Å². The van der Waals surface area contributed by atoms with E-state index in [9.17, 15) is 4.79 Å². The predicted molar refractivity (Wildman–Crippen MR) is 124 cm³/mol. The van der Waals surface area contributed by atoms with Crippen molar-refractivity contribution in [1.82, 2.24) is 4.90 Å². The second-order valence-corrected chi connectivity index (χ2v) is 8.73. The van der Waals surface area contributed by atoms with Crippen LogP contribution < -0.4 is 9.64 Å². The molecule has 4 rings (SSSR count). The second kappa shape index (κ2) is 10.3. The number of aryl methyl sites for hydroxylation is 1. The van der Waals surface area contributed by atoms with Crippen LogP contribution in [-0.2, 0) is 22.6 Å². The Morgan fingerprint density at radius 1 is 1.13 bits per heavy atom. The van der Waals surface area contributed by atoms with Crippen LogP contribution in [0, 0.1) is 0 Å². The van der Waals surface area contributed by atoms with E-state index in [1.54, 1.807) is 7.11 Å². The lowest BCUT2D eigenvalue weighted by Gasteiger charge is -2.36. The van der Waals surface area contributed by atoms with E-state index >= 15 is 0 Å². The standard InChI is InChI=1S/C26H34N2O3/c1-20-5-3-14-27(20)15-4-16-31-25-12-13-26-22(17-25)8-11-24(18-29)28(26)23-9-6-21(7-10-23)19-30-2/h6-7,9-10,12-13,17-18,20,24H,3-5,8,11,14-16,19H2,1-2H3/t20-,24?/m1/s1. The van der Waals surface area contributed by atoms with E-state index in [1.165, 1.54) is 24.9 Å². The highest BCUT2D eigenvalue weighted by molar-refractivity contribution is 5.78. The summed E-state index contributed by atoms with van der Waals surface area (Å²) in [5.74, 6) is 0.924. The van der Waals surface area contributed by atoms with Crippen LogP contribution in [-0.4, -0.2) is 50.1 Å². The van der Waals surface area contributed by atoms with E-state index in [1.807, 2.05) is 6.07 Å². The van der Waals surface area contributed by atoms with Gasteiger partial charge in [0.05, 0.1) is 19.3 Å². The molecule has 1 unspecified atom stereocenters. The van der Waals surface area contributed by atoms with Gasteiger partial charge in [-0.1, -0.05) is 12.1 Å². The molecular formula is C26H34N2O3. The van der Waals surface area contributed by atoms with E-state index in [2.05, 4.69) is 53.1 Å². The van der Waals surface area contributed by atoms with Gasteiger partial charge < -0.3 is 24.1 Å². The van der Waals surface area contributed by atoms with Crippen molar-refractivity contribution in [3.05, 3.63) is 53.6 Å². The van der Waals surface area contributed by atoms with Gasteiger partial charge in [0.1, 0.15) is 12.0 Å². The molecule has 0 amide bonds. The van der Waals surface area contributed by atoms with Gasteiger partial charge in [-0.3, -0.25) is 0 Å². The van der Waals surface area contributed by atoms with Crippen LogP contribution in [0.15, 0.2) is 42.5 Å². The van der Waals surface area contributed by atoms with E-state index in [0.29, 0.717) is 12.6 Å². The highest BCUT2D eigenvalue weighted by Crippen LogP contribution is 2.38. The quantitative estimate of drug-likeness (QED) is 0.431. The average molecular weight is 423 g/mol. The second-order valence-electron chi connectivity index (χ2n) is 8.73. The fourth-order valence-corrected chi connectivity index (χ4v) is 4.86.